The molecule has 3 aromatic rings. The van der Waals surface area contributed by atoms with Gasteiger partial charge >= 0.3 is 0 Å². The monoisotopic (exact) mass is 196 g/mol. The van der Waals surface area contributed by atoms with Crippen molar-refractivity contribution in [2.75, 3.05) is 0 Å². The molecule has 0 nitrogen and oxygen atoms in total. The zero-order chi connectivity index (χ0) is 9.38. The highest BCUT2D eigenvalue weighted by Crippen LogP contribution is 2.26. The summed E-state index contributed by atoms with van der Waals surface area (Å²) in [6.45, 7) is 0. The van der Waals surface area contributed by atoms with Crippen LogP contribution in [0.4, 0.5) is 0 Å². The van der Waals surface area contributed by atoms with Gasteiger partial charge in [-0.2, -0.15) is 0 Å². The molecule has 1 heteroatoms. The summed E-state index contributed by atoms with van der Waals surface area (Å²) in [5, 5.41) is 5.39. The first-order valence-electron chi connectivity index (χ1n) is 4.67. The van der Waals surface area contributed by atoms with Crippen molar-refractivity contribution < 1.29 is 0 Å². The van der Waals surface area contributed by atoms with Gasteiger partial charge in [0, 0.05) is 0 Å². The van der Waals surface area contributed by atoms with E-state index in [9.17, 15) is 0 Å². The highest BCUT2D eigenvalue weighted by Gasteiger charge is 1.97. The van der Waals surface area contributed by atoms with E-state index >= 15 is 0 Å². The second-order valence-electron chi connectivity index (χ2n) is 3.38. The molecular weight excluding hydrogens is 187 g/mol. The molecule has 1 aromatic heterocycles. The van der Waals surface area contributed by atoms with Gasteiger partial charge in [-0.05, 0) is 39.2 Å². The maximum atomic E-state index is 2.25. The van der Waals surface area contributed by atoms with Crippen LogP contribution in [0.5, 0.6) is 0 Å². The van der Waals surface area contributed by atoms with Crippen molar-refractivity contribution in [1.82, 2.24) is 0 Å². The molecule has 0 spiro atoms. The Labute approximate surface area is 84.3 Å². The van der Waals surface area contributed by atoms with E-state index in [0.29, 0.717) is 0 Å². The molecule has 0 saturated heterocycles. The van der Waals surface area contributed by atoms with Crippen LogP contribution in [0.25, 0.3) is 21.5 Å². The molecule has 0 amide bonds. The van der Waals surface area contributed by atoms with Crippen molar-refractivity contribution in [3.8, 4) is 0 Å². The van der Waals surface area contributed by atoms with Crippen LogP contribution in [0.15, 0.2) is 54.1 Å². The Kier molecular flexibility index (Phi) is 1.75. The lowest BCUT2D eigenvalue weighted by molar-refractivity contribution is 1.80. The van der Waals surface area contributed by atoms with E-state index in [4.69, 9.17) is 0 Å². The molecular formula is C13H9P. The Morgan fingerprint density at radius 1 is 0.714 bits per heavy atom. The Morgan fingerprint density at radius 2 is 1.50 bits per heavy atom. The van der Waals surface area contributed by atoms with Crippen LogP contribution >= 0.6 is 8.19 Å². The zero-order valence-electron chi connectivity index (χ0n) is 7.64. The van der Waals surface area contributed by atoms with Crippen LogP contribution in [0, 0.1) is 0 Å². The van der Waals surface area contributed by atoms with Crippen LogP contribution < -0.4 is 0 Å². The number of benzene rings is 2. The van der Waals surface area contributed by atoms with E-state index in [1.165, 1.54) is 29.7 Å². The Hall–Kier alpha value is -1.39. The molecule has 0 aliphatic carbocycles. The van der Waals surface area contributed by atoms with Crippen molar-refractivity contribution in [2.24, 2.45) is 0 Å². The molecule has 3 rings (SSSR count). The summed E-state index contributed by atoms with van der Waals surface area (Å²) in [5.41, 5.74) is 0. The van der Waals surface area contributed by atoms with Gasteiger partial charge in [0.25, 0.3) is 0 Å². The van der Waals surface area contributed by atoms with Gasteiger partial charge in [0.05, 0.1) is 0 Å². The van der Waals surface area contributed by atoms with Gasteiger partial charge in [0.2, 0.25) is 0 Å². The molecule has 0 unspecified atom stereocenters. The fourth-order valence-corrected chi connectivity index (χ4v) is 2.56. The molecule has 2 aromatic carbocycles. The molecule has 0 aliphatic rings. The van der Waals surface area contributed by atoms with Crippen LogP contribution in [-0.2, 0) is 0 Å². The molecule has 0 aliphatic heterocycles. The van der Waals surface area contributed by atoms with Gasteiger partial charge in [-0.1, -0.05) is 44.6 Å². The maximum absolute atomic E-state index is 2.25. The summed E-state index contributed by atoms with van der Waals surface area (Å²) in [5.74, 6) is 4.44. The lowest BCUT2D eigenvalue weighted by atomic mass is 10.1. The summed E-state index contributed by atoms with van der Waals surface area (Å²) in [6, 6.07) is 15.2. The lowest BCUT2D eigenvalue weighted by Gasteiger charge is -2.02. The maximum Gasteiger partial charge on any atom is -0.00984 e. The second kappa shape index (κ2) is 3.08. The minimum atomic E-state index is 1.29. The molecule has 1 heterocycles. The lowest BCUT2D eigenvalue weighted by Crippen LogP contribution is -1.74. The summed E-state index contributed by atoms with van der Waals surface area (Å²) in [6.07, 6.45) is 0. The van der Waals surface area contributed by atoms with E-state index < -0.39 is 0 Å². The van der Waals surface area contributed by atoms with Crippen molar-refractivity contribution in [2.45, 2.75) is 0 Å². The fraction of sp³-hybridized carbons (Fsp3) is 0. The summed E-state index contributed by atoms with van der Waals surface area (Å²) in [4.78, 5) is 0. The van der Waals surface area contributed by atoms with E-state index in [0.717, 1.165) is 0 Å². The van der Waals surface area contributed by atoms with Gasteiger partial charge in [-0.3, -0.25) is 0 Å². The zero-order valence-corrected chi connectivity index (χ0v) is 8.54. The minimum Gasteiger partial charge on any atom is -0.0758 e. The predicted molar refractivity (Wildman–Crippen MR) is 64.0 cm³/mol. The number of fused-ring (bicyclic) bond motifs is 3. The summed E-state index contributed by atoms with van der Waals surface area (Å²) < 4.78 is 0. The van der Waals surface area contributed by atoms with E-state index in [2.05, 4.69) is 54.1 Å². The van der Waals surface area contributed by atoms with Crippen LogP contribution in [-0.4, -0.2) is 0 Å². The summed E-state index contributed by atoms with van der Waals surface area (Å²) >= 11 is 0. The van der Waals surface area contributed by atoms with Crippen LogP contribution in [0.1, 0.15) is 0 Å². The third-order valence-corrected chi connectivity index (χ3v) is 3.29. The first kappa shape index (κ1) is 7.96. The normalized spacial score (nSPS) is 11.4. The first-order valence-corrected chi connectivity index (χ1v) is 5.70. The SMILES string of the molecule is c1ccc2c(c1)ccc1cpccc12. The van der Waals surface area contributed by atoms with Gasteiger partial charge in [0.15, 0.2) is 0 Å². The molecule has 14 heavy (non-hydrogen) atoms. The average molecular weight is 196 g/mol. The van der Waals surface area contributed by atoms with Crippen molar-refractivity contribution in [1.29, 1.82) is 0 Å². The Balaban J connectivity index is 2.61. The second-order valence-corrected chi connectivity index (χ2v) is 4.24. The smallest absolute Gasteiger partial charge is 0.00984 e. The largest absolute Gasteiger partial charge is 0.0758 e. The Bertz CT molecular complexity index is 544. The molecule has 0 saturated carbocycles. The molecule has 0 N–H and O–H groups in total. The molecule has 0 radical (unpaired) electrons. The van der Waals surface area contributed by atoms with Crippen molar-refractivity contribution >= 4 is 29.7 Å². The third-order valence-electron chi connectivity index (χ3n) is 2.55. The molecule has 0 atom stereocenters. The van der Waals surface area contributed by atoms with Gasteiger partial charge < -0.3 is 0 Å². The van der Waals surface area contributed by atoms with Crippen molar-refractivity contribution in [3.63, 3.8) is 0 Å². The van der Waals surface area contributed by atoms with Crippen LogP contribution in [0.2, 0.25) is 0 Å². The highest BCUT2D eigenvalue weighted by atomic mass is 31.0. The predicted octanol–water partition coefficient (Wildman–Crippen LogP) is 4.57. The number of rotatable bonds is 0. The topological polar surface area (TPSA) is 0 Å². The van der Waals surface area contributed by atoms with Gasteiger partial charge in [-0.15, -0.1) is 0 Å². The third kappa shape index (κ3) is 1.12. The fourth-order valence-electron chi connectivity index (χ4n) is 1.85. The number of hydrogen-bond donors (Lipinski definition) is 0. The van der Waals surface area contributed by atoms with Crippen molar-refractivity contribution in [3.05, 3.63) is 54.1 Å². The highest BCUT2D eigenvalue weighted by molar-refractivity contribution is 7.28. The molecule has 66 valence electrons. The molecule has 0 fully saturated rings. The number of hydrogen-bond acceptors (Lipinski definition) is 0. The average Bonchev–Trinajstić information content (AvgIpc) is 2.29. The quantitative estimate of drug-likeness (QED) is 0.462. The van der Waals surface area contributed by atoms with Gasteiger partial charge in [-0.25, -0.2) is 0 Å². The van der Waals surface area contributed by atoms with E-state index in [1.54, 1.807) is 0 Å². The first-order chi connectivity index (χ1) is 6.95. The summed E-state index contributed by atoms with van der Waals surface area (Å²) in [7, 11) is 1.29. The Morgan fingerprint density at radius 3 is 2.50 bits per heavy atom. The van der Waals surface area contributed by atoms with E-state index in [-0.39, 0.29) is 0 Å². The standard InChI is InChI=1S/C13H9P/c1-2-4-12-10(3-1)5-6-11-9-14-8-7-13(11)12/h1-9H. The van der Waals surface area contributed by atoms with Crippen LogP contribution in [0.3, 0.4) is 0 Å². The molecule has 0 bridgehead atoms. The minimum absolute atomic E-state index is 1.29. The van der Waals surface area contributed by atoms with Gasteiger partial charge in [0.1, 0.15) is 0 Å². The van der Waals surface area contributed by atoms with E-state index in [1.807, 2.05) is 0 Å².